The van der Waals surface area contributed by atoms with Gasteiger partial charge < -0.3 is 16.3 Å². The molecule has 1 amide bonds. The van der Waals surface area contributed by atoms with E-state index in [0.29, 0.717) is 31.2 Å². The van der Waals surface area contributed by atoms with Gasteiger partial charge in [-0.05, 0) is 24.7 Å². The third-order valence-corrected chi connectivity index (χ3v) is 4.21. The zero-order chi connectivity index (χ0) is 13.8. The van der Waals surface area contributed by atoms with Gasteiger partial charge in [-0.1, -0.05) is 38.8 Å². The van der Waals surface area contributed by atoms with E-state index in [4.69, 9.17) is 10.9 Å². The van der Waals surface area contributed by atoms with Gasteiger partial charge >= 0.3 is 0 Å². The van der Waals surface area contributed by atoms with Gasteiger partial charge in [-0.15, -0.1) is 0 Å². The van der Waals surface area contributed by atoms with Crippen LogP contribution in [-0.2, 0) is 4.79 Å². The van der Waals surface area contributed by atoms with E-state index in [1.807, 2.05) is 0 Å². The van der Waals surface area contributed by atoms with Gasteiger partial charge in [-0.3, -0.25) is 4.79 Å². The highest BCUT2D eigenvalue weighted by atomic mass is 16.4. The summed E-state index contributed by atoms with van der Waals surface area (Å²) in [6.45, 7) is 7.00. The SMILES string of the molecule is CC(C)C(C)CNC(=O)C1(C(N)=NO)CCCC1. The smallest absolute Gasteiger partial charge is 0.233 e. The van der Waals surface area contributed by atoms with Crippen molar-refractivity contribution in [2.24, 2.45) is 28.1 Å². The first kappa shape index (κ1) is 14.8. The summed E-state index contributed by atoms with van der Waals surface area (Å²) >= 11 is 0. The van der Waals surface area contributed by atoms with E-state index in [2.05, 4.69) is 31.2 Å². The van der Waals surface area contributed by atoms with E-state index in [0.717, 1.165) is 12.8 Å². The molecule has 0 bridgehead atoms. The Morgan fingerprint density at radius 2 is 1.94 bits per heavy atom. The van der Waals surface area contributed by atoms with Crippen LogP contribution < -0.4 is 11.1 Å². The summed E-state index contributed by atoms with van der Waals surface area (Å²) in [5.74, 6) is 0.894. The van der Waals surface area contributed by atoms with E-state index in [1.54, 1.807) is 0 Å². The van der Waals surface area contributed by atoms with Crippen LogP contribution in [0.25, 0.3) is 0 Å². The molecule has 1 rings (SSSR count). The predicted molar refractivity (Wildman–Crippen MR) is 71.3 cm³/mol. The Bertz CT molecular complexity index is 320. The van der Waals surface area contributed by atoms with E-state index < -0.39 is 5.41 Å². The molecule has 0 saturated heterocycles. The van der Waals surface area contributed by atoms with Crippen LogP contribution in [-0.4, -0.2) is 23.5 Å². The van der Waals surface area contributed by atoms with Gasteiger partial charge in [-0.25, -0.2) is 0 Å². The fraction of sp³-hybridized carbons (Fsp3) is 0.846. The molecule has 1 unspecified atom stereocenters. The zero-order valence-corrected chi connectivity index (χ0v) is 11.6. The molecule has 5 heteroatoms. The molecule has 18 heavy (non-hydrogen) atoms. The molecule has 0 aliphatic heterocycles. The third-order valence-electron chi connectivity index (χ3n) is 4.21. The Balaban J connectivity index is 2.68. The summed E-state index contributed by atoms with van der Waals surface area (Å²) < 4.78 is 0. The summed E-state index contributed by atoms with van der Waals surface area (Å²) in [7, 11) is 0. The van der Waals surface area contributed by atoms with Crippen LogP contribution in [0.2, 0.25) is 0 Å². The first-order valence-electron chi connectivity index (χ1n) is 6.70. The second kappa shape index (κ2) is 6.07. The van der Waals surface area contributed by atoms with Crippen LogP contribution in [0.5, 0.6) is 0 Å². The van der Waals surface area contributed by atoms with Gasteiger partial charge in [0.05, 0.1) is 0 Å². The van der Waals surface area contributed by atoms with Crippen molar-refractivity contribution >= 4 is 11.7 Å². The molecule has 1 aliphatic rings. The fourth-order valence-corrected chi connectivity index (χ4v) is 2.33. The molecule has 104 valence electrons. The van der Waals surface area contributed by atoms with Crippen molar-refractivity contribution in [2.45, 2.75) is 46.5 Å². The Kier molecular flexibility index (Phi) is 4.99. The van der Waals surface area contributed by atoms with Crippen LogP contribution >= 0.6 is 0 Å². The molecular weight excluding hydrogens is 230 g/mol. The minimum atomic E-state index is -0.786. The molecule has 1 atom stereocenters. The number of nitrogens with zero attached hydrogens (tertiary/aromatic N) is 1. The highest BCUT2D eigenvalue weighted by Crippen LogP contribution is 2.38. The summed E-state index contributed by atoms with van der Waals surface area (Å²) in [4.78, 5) is 12.3. The third kappa shape index (κ3) is 2.94. The van der Waals surface area contributed by atoms with Crippen molar-refractivity contribution in [1.82, 2.24) is 5.32 Å². The number of nitrogens with two attached hydrogens (primary N) is 1. The zero-order valence-electron chi connectivity index (χ0n) is 11.6. The highest BCUT2D eigenvalue weighted by molar-refractivity contribution is 6.07. The van der Waals surface area contributed by atoms with Crippen LogP contribution in [0, 0.1) is 17.3 Å². The minimum Gasteiger partial charge on any atom is -0.409 e. The Morgan fingerprint density at radius 1 is 1.39 bits per heavy atom. The summed E-state index contributed by atoms with van der Waals surface area (Å²) in [5, 5.41) is 14.9. The number of amidine groups is 1. The number of oxime groups is 1. The Labute approximate surface area is 109 Å². The van der Waals surface area contributed by atoms with Crippen molar-refractivity contribution in [3.8, 4) is 0 Å². The number of carbonyl (C=O) groups excluding carboxylic acids is 1. The first-order valence-corrected chi connectivity index (χ1v) is 6.70. The molecule has 5 nitrogen and oxygen atoms in total. The molecule has 0 heterocycles. The summed E-state index contributed by atoms with van der Waals surface area (Å²) in [6, 6.07) is 0. The molecule has 1 fully saturated rings. The van der Waals surface area contributed by atoms with E-state index in [-0.39, 0.29) is 11.7 Å². The maximum absolute atomic E-state index is 12.3. The summed E-state index contributed by atoms with van der Waals surface area (Å²) in [5.41, 5.74) is 4.93. The van der Waals surface area contributed by atoms with Crippen molar-refractivity contribution in [1.29, 1.82) is 0 Å². The average molecular weight is 255 g/mol. The van der Waals surface area contributed by atoms with Gasteiger partial charge in [0.25, 0.3) is 0 Å². The molecule has 0 aromatic carbocycles. The lowest BCUT2D eigenvalue weighted by Gasteiger charge is -2.27. The Morgan fingerprint density at radius 3 is 2.39 bits per heavy atom. The van der Waals surface area contributed by atoms with Gasteiger partial charge in [0, 0.05) is 6.54 Å². The molecule has 0 aromatic rings. The van der Waals surface area contributed by atoms with Crippen LogP contribution in [0.3, 0.4) is 0 Å². The van der Waals surface area contributed by atoms with Crippen molar-refractivity contribution in [3.05, 3.63) is 0 Å². The first-order chi connectivity index (χ1) is 8.44. The largest absolute Gasteiger partial charge is 0.409 e. The second-order valence-electron chi connectivity index (χ2n) is 5.71. The number of hydrogen-bond donors (Lipinski definition) is 3. The molecule has 0 radical (unpaired) electrons. The minimum absolute atomic E-state index is 0.0506. The number of amides is 1. The number of nitrogens with one attached hydrogen (secondary N) is 1. The quantitative estimate of drug-likeness (QED) is 0.302. The molecule has 1 aliphatic carbocycles. The number of hydrogen-bond acceptors (Lipinski definition) is 3. The number of carbonyl (C=O) groups is 1. The topological polar surface area (TPSA) is 87.7 Å². The molecule has 0 spiro atoms. The monoisotopic (exact) mass is 255 g/mol. The molecular formula is C13H25N3O2. The standard InChI is InChI=1S/C13H25N3O2/c1-9(2)10(3)8-15-12(17)13(11(14)16-18)6-4-5-7-13/h9-10,18H,4-8H2,1-3H3,(H2,14,16)(H,15,17). The van der Waals surface area contributed by atoms with E-state index in [1.165, 1.54) is 0 Å². The maximum Gasteiger partial charge on any atom is 0.233 e. The van der Waals surface area contributed by atoms with Gasteiger partial charge in [0.2, 0.25) is 5.91 Å². The maximum atomic E-state index is 12.3. The van der Waals surface area contributed by atoms with Crippen molar-refractivity contribution < 1.29 is 10.0 Å². The normalized spacial score (nSPS) is 21.0. The van der Waals surface area contributed by atoms with Gasteiger partial charge in [0.1, 0.15) is 5.41 Å². The van der Waals surface area contributed by atoms with Crippen molar-refractivity contribution in [3.63, 3.8) is 0 Å². The highest BCUT2D eigenvalue weighted by Gasteiger charge is 2.45. The lowest BCUT2D eigenvalue weighted by Crippen LogP contribution is -2.49. The van der Waals surface area contributed by atoms with Crippen LogP contribution in [0.15, 0.2) is 5.16 Å². The van der Waals surface area contributed by atoms with Crippen LogP contribution in [0.4, 0.5) is 0 Å². The fourth-order valence-electron chi connectivity index (χ4n) is 2.33. The van der Waals surface area contributed by atoms with Gasteiger partial charge in [-0.2, -0.15) is 0 Å². The summed E-state index contributed by atoms with van der Waals surface area (Å²) in [6.07, 6.45) is 3.24. The van der Waals surface area contributed by atoms with E-state index in [9.17, 15) is 4.79 Å². The van der Waals surface area contributed by atoms with E-state index >= 15 is 0 Å². The second-order valence-corrected chi connectivity index (χ2v) is 5.71. The lowest BCUT2D eigenvalue weighted by atomic mass is 9.83. The van der Waals surface area contributed by atoms with Gasteiger partial charge in [0.15, 0.2) is 5.84 Å². The number of rotatable bonds is 5. The predicted octanol–water partition coefficient (Wildman–Crippen LogP) is 1.70. The molecule has 1 saturated carbocycles. The van der Waals surface area contributed by atoms with Crippen LogP contribution in [0.1, 0.15) is 46.5 Å². The average Bonchev–Trinajstić information content (AvgIpc) is 2.84. The lowest BCUT2D eigenvalue weighted by molar-refractivity contribution is -0.127. The van der Waals surface area contributed by atoms with Crippen molar-refractivity contribution in [2.75, 3.05) is 6.54 Å². The molecule has 4 N–H and O–H groups in total. The molecule has 0 aromatic heterocycles. The Hall–Kier alpha value is -1.26.